The van der Waals surface area contributed by atoms with Gasteiger partial charge in [0.05, 0.1) is 13.4 Å². The van der Waals surface area contributed by atoms with Gasteiger partial charge in [0.25, 0.3) is 5.91 Å². The maximum absolute atomic E-state index is 11.6. The van der Waals surface area contributed by atoms with Crippen molar-refractivity contribution in [1.82, 2.24) is 5.06 Å². The van der Waals surface area contributed by atoms with Crippen LogP contribution in [0.15, 0.2) is 24.3 Å². The lowest BCUT2D eigenvalue weighted by molar-refractivity contribution is -0.0756. The van der Waals surface area contributed by atoms with E-state index < -0.39 is 10.0 Å². The highest BCUT2D eigenvalue weighted by atomic mass is 32.2. The number of hydrogen-bond donors (Lipinski definition) is 1. The molecule has 1 amide bonds. The largest absolute Gasteiger partial charge is 0.284 e. The Balaban J connectivity index is 2.85. The molecule has 0 aromatic heterocycles. The van der Waals surface area contributed by atoms with E-state index in [-0.39, 0.29) is 5.91 Å². The van der Waals surface area contributed by atoms with Crippen LogP contribution in [0.1, 0.15) is 10.4 Å². The van der Waals surface area contributed by atoms with Gasteiger partial charge in [-0.2, -0.15) is 0 Å². The first-order valence-electron chi connectivity index (χ1n) is 4.73. The summed E-state index contributed by atoms with van der Waals surface area (Å²) in [4.78, 5) is 16.4. The highest BCUT2D eigenvalue weighted by Gasteiger charge is 2.11. The third kappa shape index (κ3) is 4.04. The zero-order chi connectivity index (χ0) is 13.1. The predicted molar refractivity (Wildman–Crippen MR) is 64.0 cm³/mol. The molecule has 0 saturated heterocycles. The van der Waals surface area contributed by atoms with E-state index in [0.717, 1.165) is 11.3 Å². The Hall–Kier alpha value is -1.60. The summed E-state index contributed by atoms with van der Waals surface area (Å²) in [5.41, 5.74) is 0.817. The molecule has 0 aliphatic carbocycles. The first-order valence-corrected chi connectivity index (χ1v) is 6.62. The number of carbonyl (C=O) groups is 1. The van der Waals surface area contributed by atoms with Crippen LogP contribution in [0.2, 0.25) is 0 Å². The van der Waals surface area contributed by atoms with Gasteiger partial charge in [-0.1, -0.05) is 0 Å². The number of carbonyl (C=O) groups excluding carboxylic acids is 1. The topological polar surface area (TPSA) is 75.7 Å². The van der Waals surface area contributed by atoms with Gasteiger partial charge in [0.15, 0.2) is 0 Å². The molecule has 0 fully saturated rings. The third-order valence-electron chi connectivity index (χ3n) is 1.99. The van der Waals surface area contributed by atoms with Crippen molar-refractivity contribution in [3.05, 3.63) is 29.8 Å². The molecule has 0 saturated carbocycles. The quantitative estimate of drug-likeness (QED) is 0.806. The zero-order valence-electron chi connectivity index (χ0n) is 9.80. The summed E-state index contributed by atoms with van der Waals surface area (Å²) in [6.07, 6.45) is 1.06. The SMILES string of the molecule is CON(C)C(=O)c1ccc(NS(C)(=O)=O)cc1. The number of hydrogen-bond acceptors (Lipinski definition) is 4. The lowest BCUT2D eigenvalue weighted by Gasteiger charge is -2.13. The first kappa shape index (κ1) is 13.5. The number of benzene rings is 1. The normalized spacial score (nSPS) is 11.0. The van der Waals surface area contributed by atoms with Crippen LogP contribution < -0.4 is 4.72 Å². The second-order valence-corrected chi connectivity index (χ2v) is 5.19. The summed E-state index contributed by atoms with van der Waals surface area (Å²) in [6.45, 7) is 0. The number of nitrogens with one attached hydrogen (secondary N) is 1. The van der Waals surface area contributed by atoms with Crippen molar-refractivity contribution in [3.63, 3.8) is 0 Å². The van der Waals surface area contributed by atoms with E-state index in [2.05, 4.69) is 4.72 Å². The van der Waals surface area contributed by atoms with Gasteiger partial charge in [0.1, 0.15) is 0 Å². The molecule has 94 valence electrons. The lowest BCUT2D eigenvalue weighted by Crippen LogP contribution is -2.25. The summed E-state index contributed by atoms with van der Waals surface area (Å²) < 4.78 is 24.2. The molecule has 17 heavy (non-hydrogen) atoms. The van der Waals surface area contributed by atoms with Gasteiger partial charge in [-0.3, -0.25) is 14.4 Å². The fourth-order valence-electron chi connectivity index (χ4n) is 1.16. The van der Waals surface area contributed by atoms with E-state index in [0.29, 0.717) is 11.3 Å². The van der Waals surface area contributed by atoms with Crippen LogP contribution in [-0.4, -0.2) is 39.8 Å². The summed E-state index contributed by atoms with van der Waals surface area (Å²) in [6, 6.07) is 6.06. The second kappa shape index (κ2) is 5.15. The Labute approximate surface area is 100 Å². The minimum Gasteiger partial charge on any atom is -0.284 e. The molecule has 0 heterocycles. The van der Waals surface area contributed by atoms with Crippen molar-refractivity contribution in [2.45, 2.75) is 0 Å². The minimum atomic E-state index is -3.30. The number of hydroxylamine groups is 2. The molecular formula is C10H14N2O4S. The van der Waals surface area contributed by atoms with Crippen molar-refractivity contribution in [1.29, 1.82) is 0 Å². The maximum atomic E-state index is 11.6. The molecule has 1 N–H and O–H groups in total. The second-order valence-electron chi connectivity index (χ2n) is 3.44. The molecular weight excluding hydrogens is 244 g/mol. The van der Waals surface area contributed by atoms with E-state index in [1.807, 2.05) is 0 Å². The van der Waals surface area contributed by atoms with Gasteiger partial charge in [0, 0.05) is 18.3 Å². The Bertz CT molecular complexity index is 496. The monoisotopic (exact) mass is 258 g/mol. The Morgan fingerprint density at radius 3 is 2.24 bits per heavy atom. The maximum Gasteiger partial charge on any atom is 0.277 e. The summed E-state index contributed by atoms with van der Waals surface area (Å²) in [5, 5.41) is 1.08. The van der Waals surface area contributed by atoms with Crippen LogP contribution >= 0.6 is 0 Å². The van der Waals surface area contributed by atoms with Crippen LogP contribution in [0.5, 0.6) is 0 Å². The zero-order valence-corrected chi connectivity index (χ0v) is 10.6. The fraction of sp³-hybridized carbons (Fsp3) is 0.300. The van der Waals surface area contributed by atoms with Crippen LogP contribution in [0, 0.1) is 0 Å². The predicted octanol–water partition coefficient (Wildman–Crippen LogP) is 0.691. The van der Waals surface area contributed by atoms with E-state index in [1.165, 1.54) is 38.4 Å². The Morgan fingerprint density at radius 1 is 1.29 bits per heavy atom. The Morgan fingerprint density at radius 2 is 1.82 bits per heavy atom. The van der Waals surface area contributed by atoms with Crippen LogP contribution in [0.25, 0.3) is 0 Å². The molecule has 0 aliphatic heterocycles. The number of rotatable bonds is 4. The average molecular weight is 258 g/mol. The molecule has 1 aromatic carbocycles. The molecule has 1 aromatic rings. The van der Waals surface area contributed by atoms with Crippen molar-refractivity contribution >= 4 is 21.6 Å². The molecule has 1 rings (SSSR count). The van der Waals surface area contributed by atoms with Crippen molar-refractivity contribution in [2.75, 3.05) is 25.1 Å². The summed E-state index contributed by atoms with van der Waals surface area (Å²) in [5.74, 6) is -0.307. The number of nitrogens with zero attached hydrogens (tertiary/aromatic N) is 1. The van der Waals surface area contributed by atoms with Gasteiger partial charge in [-0.15, -0.1) is 0 Å². The molecule has 0 radical (unpaired) electrons. The van der Waals surface area contributed by atoms with Crippen molar-refractivity contribution in [2.24, 2.45) is 0 Å². The minimum absolute atomic E-state index is 0.307. The summed E-state index contributed by atoms with van der Waals surface area (Å²) in [7, 11) is -0.424. The van der Waals surface area contributed by atoms with Gasteiger partial charge >= 0.3 is 0 Å². The van der Waals surface area contributed by atoms with E-state index in [4.69, 9.17) is 4.84 Å². The molecule has 0 atom stereocenters. The van der Waals surface area contributed by atoms with Crippen LogP contribution in [0.4, 0.5) is 5.69 Å². The molecule has 7 heteroatoms. The van der Waals surface area contributed by atoms with E-state index in [9.17, 15) is 13.2 Å². The highest BCUT2D eigenvalue weighted by Crippen LogP contribution is 2.12. The molecule has 0 unspecified atom stereocenters. The fourth-order valence-corrected chi connectivity index (χ4v) is 1.72. The van der Waals surface area contributed by atoms with Gasteiger partial charge in [-0.05, 0) is 24.3 Å². The van der Waals surface area contributed by atoms with Gasteiger partial charge in [-0.25, -0.2) is 13.5 Å². The first-order chi connectivity index (χ1) is 7.83. The van der Waals surface area contributed by atoms with E-state index >= 15 is 0 Å². The standard InChI is InChI=1S/C10H14N2O4S/c1-12(16-2)10(13)8-4-6-9(7-5-8)11-17(3,14)15/h4-7,11H,1-3H3. The smallest absolute Gasteiger partial charge is 0.277 e. The van der Waals surface area contributed by atoms with Gasteiger partial charge in [0.2, 0.25) is 10.0 Å². The Kier molecular flexibility index (Phi) is 4.08. The molecule has 0 aliphatic rings. The number of amides is 1. The number of sulfonamides is 1. The average Bonchev–Trinajstić information content (AvgIpc) is 2.26. The highest BCUT2D eigenvalue weighted by molar-refractivity contribution is 7.92. The van der Waals surface area contributed by atoms with Crippen LogP contribution in [0.3, 0.4) is 0 Å². The van der Waals surface area contributed by atoms with E-state index in [1.54, 1.807) is 0 Å². The van der Waals surface area contributed by atoms with Crippen molar-refractivity contribution < 1.29 is 18.0 Å². The molecule has 0 spiro atoms. The molecule has 6 nitrogen and oxygen atoms in total. The molecule has 0 bridgehead atoms. The lowest BCUT2D eigenvalue weighted by atomic mass is 10.2. The van der Waals surface area contributed by atoms with Crippen LogP contribution in [-0.2, 0) is 14.9 Å². The van der Waals surface area contributed by atoms with Gasteiger partial charge < -0.3 is 0 Å². The number of anilines is 1. The summed E-state index contributed by atoms with van der Waals surface area (Å²) >= 11 is 0. The van der Waals surface area contributed by atoms with Crippen molar-refractivity contribution in [3.8, 4) is 0 Å². The third-order valence-corrected chi connectivity index (χ3v) is 2.60.